The standard InChI is InChI=1S/C21H31N7O9S2/c1-2-3-4-5-6-7-8-25-9-10-26(19(32)18(25)31)28(21(33)34)15(14-12-38-20(22)24-14)16(29)23-13-11-27(17(13)30)39(35,36)37/h12-13,15H,2-11H2,1H3,(H2,22,24)(H,23,29)(H,33,34)(H,35,36,37). The molecule has 0 aliphatic carbocycles. The lowest BCUT2D eigenvalue weighted by Crippen LogP contribution is -2.67. The van der Waals surface area contributed by atoms with Gasteiger partial charge >= 0.3 is 28.2 Å². The van der Waals surface area contributed by atoms with Crippen LogP contribution in [-0.2, 0) is 29.5 Å². The van der Waals surface area contributed by atoms with Gasteiger partial charge in [0.15, 0.2) is 11.2 Å². The Bertz CT molecular complexity index is 1220. The number of hydrogen-bond donors (Lipinski definition) is 4. The van der Waals surface area contributed by atoms with Gasteiger partial charge in [-0.3, -0.25) is 23.7 Å². The van der Waals surface area contributed by atoms with E-state index in [9.17, 15) is 37.5 Å². The Hall–Kier alpha value is -3.51. The zero-order valence-electron chi connectivity index (χ0n) is 21.2. The van der Waals surface area contributed by atoms with E-state index in [0.29, 0.717) is 23.0 Å². The molecule has 1 aromatic rings. The molecule has 0 saturated carbocycles. The van der Waals surface area contributed by atoms with Crippen LogP contribution in [0.3, 0.4) is 0 Å². The summed E-state index contributed by atoms with van der Waals surface area (Å²) in [5, 5.41) is 14.5. The van der Waals surface area contributed by atoms with Gasteiger partial charge in [-0.1, -0.05) is 39.0 Å². The van der Waals surface area contributed by atoms with E-state index in [1.165, 1.54) is 10.3 Å². The number of carbonyl (C=O) groups is 5. The number of thiazole rings is 1. The third kappa shape index (κ3) is 6.93. The number of aromatic nitrogens is 1. The van der Waals surface area contributed by atoms with Gasteiger partial charge in [0.25, 0.3) is 11.8 Å². The number of carboxylic acid groups (broad SMARTS) is 1. The molecule has 0 spiro atoms. The van der Waals surface area contributed by atoms with Crippen LogP contribution in [0.15, 0.2) is 5.38 Å². The van der Waals surface area contributed by atoms with Crippen LogP contribution in [0, 0.1) is 0 Å². The normalized spacial score (nSPS) is 18.7. The van der Waals surface area contributed by atoms with Gasteiger partial charge in [0, 0.05) is 18.5 Å². The molecule has 2 atom stereocenters. The minimum atomic E-state index is -4.83. The topological polar surface area (TPSA) is 224 Å². The van der Waals surface area contributed by atoms with E-state index in [4.69, 9.17) is 10.3 Å². The largest absolute Gasteiger partial charge is 0.464 e. The monoisotopic (exact) mass is 589 g/mol. The maximum atomic E-state index is 13.2. The van der Waals surface area contributed by atoms with E-state index in [-0.39, 0.29) is 28.2 Å². The minimum absolute atomic E-state index is 0.0171. The predicted molar refractivity (Wildman–Crippen MR) is 136 cm³/mol. The van der Waals surface area contributed by atoms with Crippen molar-refractivity contribution in [2.45, 2.75) is 57.5 Å². The number of hydrogen-bond acceptors (Lipinski definition) is 10. The molecule has 39 heavy (non-hydrogen) atoms. The number of rotatable bonds is 13. The second-order valence-electron chi connectivity index (χ2n) is 9.04. The first-order chi connectivity index (χ1) is 18.4. The number of nitrogens with one attached hydrogen (secondary N) is 1. The number of β-lactam (4-membered cyclic amide) rings is 1. The molecule has 2 unspecified atom stereocenters. The summed E-state index contributed by atoms with van der Waals surface area (Å²) in [5.41, 5.74) is 5.49. The fourth-order valence-electron chi connectivity index (χ4n) is 4.28. The summed E-state index contributed by atoms with van der Waals surface area (Å²) in [5.74, 6) is -4.34. The van der Waals surface area contributed by atoms with Gasteiger partial charge in [-0.25, -0.2) is 19.1 Å². The second kappa shape index (κ2) is 12.6. The number of amides is 5. The van der Waals surface area contributed by atoms with E-state index in [1.807, 2.05) is 0 Å². The lowest BCUT2D eigenvalue weighted by molar-refractivity contribution is -0.171. The first kappa shape index (κ1) is 30.0. The van der Waals surface area contributed by atoms with E-state index in [2.05, 4.69) is 17.2 Å². The molecule has 5 amide bonds. The van der Waals surface area contributed by atoms with Gasteiger partial charge < -0.3 is 21.1 Å². The molecule has 0 bridgehead atoms. The van der Waals surface area contributed by atoms with Crippen molar-refractivity contribution in [3.63, 3.8) is 0 Å². The Morgan fingerprint density at radius 3 is 2.41 bits per heavy atom. The quantitative estimate of drug-likeness (QED) is 0.102. The van der Waals surface area contributed by atoms with Crippen molar-refractivity contribution in [2.24, 2.45) is 0 Å². The Morgan fingerprint density at radius 1 is 1.18 bits per heavy atom. The SMILES string of the molecule is CCCCCCCCN1CCN(N(C(=O)O)C(C(=O)NC2CN(S(=O)(=O)O)C2=O)c2csc(N)n2)C(=O)C1=O. The molecule has 3 heterocycles. The smallest absolute Gasteiger partial charge is 0.427 e. The molecule has 2 aliphatic rings. The predicted octanol–water partition coefficient (Wildman–Crippen LogP) is -0.177. The maximum absolute atomic E-state index is 13.2. The Morgan fingerprint density at radius 2 is 1.85 bits per heavy atom. The van der Waals surface area contributed by atoms with Gasteiger partial charge in [-0.05, 0) is 6.42 Å². The Balaban J connectivity index is 1.76. The lowest BCUT2D eigenvalue weighted by Gasteiger charge is -2.42. The van der Waals surface area contributed by atoms with Crippen molar-refractivity contribution in [1.29, 1.82) is 0 Å². The minimum Gasteiger partial charge on any atom is -0.464 e. The van der Waals surface area contributed by atoms with Crippen LogP contribution in [-0.4, -0.2) is 104 Å². The number of piperazine rings is 1. The third-order valence-corrected chi connectivity index (χ3v) is 7.90. The molecule has 1 aromatic heterocycles. The van der Waals surface area contributed by atoms with Gasteiger partial charge in [-0.15, -0.1) is 11.3 Å². The first-order valence-corrected chi connectivity index (χ1v) is 14.6. The highest BCUT2D eigenvalue weighted by Crippen LogP contribution is 2.28. The average Bonchev–Trinajstić information content (AvgIpc) is 3.29. The summed E-state index contributed by atoms with van der Waals surface area (Å²) in [6.45, 7) is 1.65. The number of carbonyl (C=O) groups excluding carboxylic acids is 4. The van der Waals surface area contributed by atoms with E-state index >= 15 is 0 Å². The van der Waals surface area contributed by atoms with Gasteiger partial charge in [0.05, 0.1) is 18.8 Å². The summed E-state index contributed by atoms with van der Waals surface area (Å²) in [6, 6.07) is -3.23. The van der Waals surface area contributed by atoms with Crippen molar-refractivity contribution < 1.29 is 42.0 Å². The molecule has 0 radical (unpaired) electrons. The first-order valence-electron chi connectivity index (χ1n) is 12.3. The van der Waals surface area contributed by atoms with E-state index in [0.717, 1.165) is 43.4 Å². The second-order valence-corrected chi connectivity index (χ2v) is 11.3. The maximum Gasteiger partial charge on any atom is 0.427 e. The molecular weight excluding hydrogens is 558 g/mol. The van der Waals surface area contributed by atoms with Crippen LogP contribution in [0.2, 0.25) is 0 Å². The molecule has 18 heteroatoms. The van der Waals surface area contributed by atoms with Crippen molar-refractivity contribution in [2.75, 3.05) is 31.9 Å². The highest BCUT2D eigenvalue weighted by atomic mass is 32.2. The van der Waals surface area contributed by atoms with Crippen LogP contribution in [0.25, 0.3) is 0 Å². The lowest BCUT2D eigenvalue weighted by atomic mass is 10.1. The van der Waals surface area contributed by atoms with Crippen LogP contribution in [0.5, 0.6) is 0 Å². The third-order valence-electron chi connectivity index (χ3n) is 6.32. The Labute approximate surface area is 228 Å². The summed E-state index contributed by atoms with van der Waals surface area (Å²) in [6.07, 6.45) is 4.11. The van der Waals surface area contributed by atoms with Crippen molar-refractivity contribution >= 4 is 56.5 Å². The van der Waals surface area contributed by atoms with Crippen molar-refractivity contribution in [3.05, 3.63) is 11.1 Å². The van der Waals surface area contributed by atoms with Gasteiger partial charge in [0.2, 0.25) is 0 Å². The zero-order valence-corrected chi connectivity index (χ0v) is 22.8. The summed E-state index contributed by atoms with van der Waals surface area (Å²) in [7, 11) is -4.83. The van der Waals surface area contributed by atoms with E-state index in [1.54, 1.807) is 0 Å². The van der Waals surface area contributed by atoms with Gasteiger partial charge in [0.1, 0.15) is 6.04 Å². The zero-order chi connectivity index (χ0) is 28.9. The molecular formula is C21H31N7O9S2. The molecule has 2 fully saturated rings. The molecule has 5 N–H and O–H groups in total. The number of anilines is 1. The molecule has 16 nitrogen and oxygen atoms in total. The number of hydrazine groups is 1. The number of nitrogens with zero attached hydrogens (tertiary/aromatic N) is 5. The fourth-order valence-corrected chi connectivity index (χ4v) is 5.55. The van der Waals surface area contributed by atoms with E-state index < -0.39 is 58.7 Å². The number of nitrogens with two attached hydrogens (primary N) is 1. The molecule has 2 saturated heterocycles. The fraction of sp³-hybridized carbons (Fsp3) is 0.619. The van der Waals surface area contributed by atoms with Crippen LogP contribution < -0.4 is 11.1 Å². The van der Waals surface area contributed by atoms with Crippen LogP contribution in [0.4, 0.5) is 9.93 Å². The van der Waals surface area contributed by atoms with Gasteiger partial charge in [-0.2, -0.15) is 13.4 Å². The molecule has 216 valence electrons. The molecule has 2 aliphatic heterocycles. The average molecular weight is 590 g/mol. The summed E-state index contributed by atoms with van der Waals surface area (Å²) >= 11 is 0.887. The number of nitrogen functional groups attached to an aromatic ring is 1. The number of unbranched alkanes of at least 4 members (excludes halogenated alkanes) is 5. The molecule has 0 aromatic carbocycles. The highest BCUT2D eigenvalue weighted by Gasteiger charge is 2.48. The Kier molecular flexibility index (Phi) is 9.68. The van der Waals surface area contributed by atoms with Crippen LogP contribution >= 0.6 is 11.3 Å². The summed E-state index contributed by atoms with van der Waals surface area (Å²) in [4.78, 5) is 68.8. The highest BCUT2D eigenvalue weighted by molar-refractivity contribution is 7.84. The molecule has 3 rings (SSSR count). The summed E-state index contributed by atoms with van der Waals surface area (Å²) < 4.78 is 31.5. The van der Waals surface area contributed by atoms with Crippen molar-refractivity contribution in [1.82, 2.24) is 29.5 Å². The van der Waals surface area contributed by atoms with Crippen LogP contribution in [0.1, 0.15) is 57.2 Å². The van der Waals surface area contributed by atoms with Crippen molar-refractivity contribution in [3.8, 4) is 0 Å².